The molecule has 3 heteroatoms. The third-order valence-corrected chi connectivity index (χ3v) is 3.07. The van der Waals surface area contributed by atoms with Crippen LogP contribution in [0.5, 0.6) is 0 Å². The molecule has 0 radical (unpaired) electrons. The van der Waals surface area contributed by atoms with Crippen LogP contribution in [0.3, 0.4) is 0 Å². The lowest BCUT2D eigenvalue weighted by atomic mass is 9.83. The van der Waals surface area contributed by atoms with E-state index in [0.717, 1.165) is 6.54 Å². The number of hydrogen-bond donors (Lipinski definition) is 2. The molecule has 0 aromatic carbocycles. The van der Waals surface area contributed by atoms with Crippen LogP contribution in [0.2, 0.25) is 0 Å². The van der Waals surface area contributed by atoms with Gasteiger partial charge in [0.1, 0.15) is 0 Å². The fourth-order valence-electron chi connectivity index (χ4n) is 2.33. The van der Waals surface area contributed by atoms with E-state index in [-0.39, 0.29) is 11.9 Å². The average Bonchev–Trinajstić information content (AvgIpc) is 2.21. The van der Waals surface area contributed by atoms with E-state index in [9.17, 15) is 4.79 Å². The summed E-state index contributed by atoms with van der Waals surface area (Å²) in [6, 6.07) is 0.0234. The molecule has 1 aliphatic carbocycles. The molecule has 1 rings (SSSR count). The zero-order chi connectivity index (χ0) is 10.4. The Bertz CT molecular complexity index is 176. The van der Waals surface area contributed by atoms with Crippen molar-refractivity contribution in [1.29, 1.82) is 0 Å². The quantitative estimate of drug-likeness (QED) is 0.714. The van der Waals surface area contributed by atoms with E-state index in [1.165, 1.54) is 32.1 Å². The Morgan fingerprint density at radius 3 is 2.50 bits per heavy atom. The topological polar surface area (TPSA) is 41.1 Å². The first-order valence-corrected chi connectivity index (χ1v) is 5.74. The van der Waals surface area contributed by atoms with Crippen LogP contribution in [0, 0.1) is 5.92 Å². The van der Waals surface area contributed by atoms with Gasteiger partial charge in [-0.25, -0.2) is 0 Å². The van der Waals surface area contributed by atoms with Crippen LogP contribution < -0.4 is 10.6 Å². The highest BCUT2D eigenvalue weighted by Crippen LogP contribution is 2.26. The van der Waals surface area contributed by atoms with Gasteiger partial charge >= 0.3 is 0 Å². The number of rotatable bonds is 4. The second-order valence-electron chi connectivity index (χ2n) is 4.06. The fourth-order valence-corrected chi connectivity index (χ4v) is 2.33. The first kappa shape index (κ1) is 11.5. The molecule has 1 saturated carbocycles. The van der Waals surface area contributed by atoms with Crippen molar-refractivity contribution in [3.8, 4) is 0 Å². The van der Waals surface area contributed by atoms with Crippen LogP contribution in [0.1, 0.15) is 39.0 Å². The third kappa shape index (κ3) is 2.98. The van der Waals surface area contributed by atoms with Crippen molar-refractivity contribution >= 4 is 5.91 Å². The minimum atomic E-state index is 0.0234. The summed E-state index contributed by atoms with van der Waals surface area (Å²) < 4.78 is 0. The summed E-state index contributed by atoms with van der Waals surface area (Å²) in [5.41, 5.74) is 0. The number of nitrogens with one attached hydrogen (secondary N) is 2. The molecule has 0 aliphatic heterocycles. The number of carbonyl (C=O) groups is 1. The van der Waals surface area contributed by atoms with Gasteiger partial charge in [0.2, 0.25) is 5.91 Å². The summed E-state index contributed by atoms with van der Waals surface area (Å²) in [6.45, 7) is 2.69. The Kier molecular flexibility index (Phi) is 4.94. The van der Waals surface area contributed by atoms with Gasteiger partial charge in [-0.3, -0.25) is 4.79 Å². The lowest BCUT2D eigenvalue weighted by Crippen LogP contribution is -2.47. The molecule has 0 bridgehead atoms. The van der Waals surface area contributed by atoms with Crippen molar-refractivity contribution in [3.05, 3.63) is 0 Å². The second kappa shape index (κ2) is 6.02. The fraction of sp³-hybridized carbons (Fsp3) is 0.909. The smallest absolute Gasteiger partial charge is 0.237 e. The van der Waals surface area contributed by atoms with E-state index in [4.69, 9.17) is 0 Å². The first-order valence-electron chi connectivity index (χ1n) is 5.74. The Morgan fingerprint density at radius 1 is 1.36 bits per heavy atom. The molecule has 1 aliphatic rings. The van der Waals surface area contributed by atoms with E-state index in [0.29, 0.717) is 5.92 Å². The van der Waals surface area contributed by atoms with Crippen LogP contribution in [0.15, 0.2) is 0 Å². The molecule has 2 N–H and O–H groups in total. The zero-order valence-electron chi connectivity index (χ0n) is 9.31. The summed E-state index contributed by atoms with van der Waals surface area (Å²) >= 11 is 0. The minimum absolute atomic E-state index is 0.0234. The second-order valence-corrected chi connectivity index (χ2v) is 4.06. The molecule has 1 unspecified atom stereocenters. The molecule has 0 heterocycles. The van der Waals surface area contributed by atoms with E-state index in [2.05, 4.69) is 10.6 Å². The summed E-state index contributed by atoms with van der Waals surface area (Å²) in [5.74, 6) is 0.710. The molecular weight excluding hydrogens is 176 g/mol. The molecule has 1 fully saturated rings. The maximum absolute atomic E-state index is 11.7. The molecular formula is C11H22N2O. The predicted octanol–water partition coefficient (Wildman–Crippen LogP) is 1.29. The Morgan fingerprint density at radius 2 is 2.00 bits per heavy atom. The molecule has 3 nitrogen and oxygen atoms in total. The van der Waals surface area contributed by atoms with Gasteiger partial charge in [-0.05, 0) is 32.7 Å². The number of carbonyl (C=O) groups excluding carboxylic acids is 1. The summed E-state index contributed by atoms with van der Waals surface area (Å²) in [6.07, 6.45) is 6.29. The molecule has 0 aromatic heterocycles. The van der Waals surface area contributed by atoms with E-state index in [1.54, 1.807) is 0 Å². The normalized spacial score (nSPS) is 20.4. The SMILES string of the molecule is CCNC(=O)C(NC)C1CCCCC1. The van der Waals surface area contributed by atoms with Crippen LogP contribution in [-0.2, 0) is 4.79 Å². The molecule has 82 valence electrons. The highest BCUT2D eigenvalue weighted by atomic mass is 16.2. The van der Waals surface area contributed by atoms with Crippen molar-refractivity contribution < 1.29 is 4.79 Å². The van der Waals surface area contributed by atoms with E-state index in [1.807, 2.05) is 14.0 Å². The Labute approximate surface area is 86.6 Å². The highest BCUT2D eigenvalue weighted by molar-refractivity contribution is 5.82. The lowest BCUT2D eigenvalue weighted by Gasteiger charge is -2.28. The number of likely N-dealkylation sites (N-methyl/N-ethyl adjacent to an activating group) is 2. The number of hydrogen-bond acceptors (Lipinski definition) is 2. The standard InChI is InChI=1S/C11H22N2O/c1-3-13-11(14)10(12-2)9-7-5-4-6-8-9/h9-10,12H,3-8H2,1-2H3,(H,13,14). The van der Waals surface area contributed by atoms with Gasteiger partial charge < -0.3 is 10.6 Å². The van der Waals surface area contributed by atoms with Crippen molar-refractivity contribution in [2.45, 2.75) is 45.1 Å². The predicted molar refractivity (Wildman–Crippen MR) is 58.1 cm³/mol. The highest BCUT2D eigenvalue weighted by Gasteiger charge is 2.27. The van der Waals surface area contributed by atoms with Crippen LogP contribution in [0.25, 0.3) is 0 Å². The molecule has 0 spiro atoms. The zero-order valence-corrected chi connectivity index (χ0v) is 9.31. The largest absolute Gasteiger partial charge is 0.355 e. The minimum Gasteiger partial charge on any atom is -0.355 e. The van der Waals surface area contributed by atoms with Gasteiger partial charge in [0, 0.05) is 6.54 Å². The van der Waals surface area contributed by atoms with Crippen molar-refractivity contribution in [1.82, 2.24) is 10.6 Å². The Hall–Kier alpha value is -0.570. The van der Waals surface area contributed by atoms with Crippen LogP contribution in [-0.4, -0.2) is 25.5 Å². The molecule has 1 atom stereocenters. The summed E-state index contributed by atoms with van der Waals surface area (Å²) in [4.78, 5) is 11.7. The van der Waals surface area contributed by atoms with E-state index >= 15 is 0 Å². The van der Waals surface area contributed by atoms with Gasteiger partial charge in [0.25, 0.3) is 0 Å². The van der Waals surface area contributed by atoms with Crippen LogP contribution >= 0.6 is 0 Å². The monoisotopic (exact) mass is 198 g/mol. The van der Waals surface area contributed by atoms with E-state index < -0.39 is 0 Å². The van der Waals surface area contributed by atoms with Crippen molar-refractivity contribution in [2.24, 2.45) is 5.92 Å². The maximum Gasteiger partial charge on any atom is 0.237 e. The van der Waals surface area contributed by atoms with Gasteiger partial charge in [0.15, 0.2) is 0 Å². The number of amides is 1. The van der Waals surface area contributed by atoms with Crippen molar-refractivity contribution in [2.75, 3.05) is 13.6 Å². The summed E-state index contributed by atoms with van der Waals surface area (Å²) in [7, 11) is 1.88. The molecule has 14 heavy (non-hydrogen) atoms. The van der Waals surface area contributed by atoms with Crippen LogP contribution in [0.4, 0.5) is 0 Å². The average molecular weight is 198 g/mol. The first-order chi connectivity index (χ1) is 6.79. The lowest BCUT2D eigenvalue weighted by molar-refractivity contribution is -0.124. The summed E-state index contributed by atoms with van der Waals surface area (Å²) in [5, 5.41) is 6.04. The van der Waals surface area contributed by atoms with Gasteiger partial charge in [0.05, 0.1) is 6.04 Å². The molecule has 0 saturated heterocycles. The van der Waals surface area contributed by atoms with Gasteiger partial charge in [-0.15, -0.1) is 0 Å². The molecule has 1 amide bonds. The maximum atomic E-state index is 11.7. The molecule has 0 aromatic rings. The van der Waals surface area contributed by atoms with Crippen molar-refractivity contribution in [3.63, 3.8) is 0 Å². The Balaban J connectivity index is 2.46. The van der Waals surface area contributed by atoms with Gasteiger partial charge in [-0.1, -0.05) is 19.3 Å². The third-order valence-electron chi connectivity index (χ3n) is 3.07. The van der Waals surface area contributed by atoms with Gasteiger partial charge in [-0.2, -0.15) is 0 Å².